The van der Waals surface area contributed by atoms with Crippen LogP contribution in [0.1, 0.15) is 36.3 Å². The molecule has 4 nitrogen and oxygen atoms in total. The third-order valence-corrected chi connectivity index (χ3v) is 3.41. The smallest absolute Gasteiger partial charge is 0.107 e. The number of hydrogen-bond acceptors (Lipinski definition) is 4. The summed E-state index contributed by atoms with van der Waals surface area (Å²) in [5, 5.41) is 11.0. The van der Waals surface area contributed by atoms with Crippen LogP contribution in [0.3, 0.4) is 0 Å². The van der Waals surface area contributed by atoms with E-state index in [-0.39, 0.29) is 0 Å². The number of nitrogens with zero attached hydrogens (tertiary/aromatic N) is 3. The van der Waals surface area contributed by atoms with E-state index in [0.29, 0.717) is 6.04 Å². The molecule has 0 radical (unpaired) electrons. The van der Waals surface area contributed by atoms with Crippen LogP contribution >= 0.6 is 11.3 Å². The molecule has 0 amide bonds. The average Bonchev–Trinajstić information content (AvgIpc) is 2.88. The lowest BCUT2D eigenvalue weighted by Crippen LogP contribution is -2.13. The predicted molar refractivity (Wildman–Crippen MR) is 70.0 cm³/mol. The molecular formula is C12H18N4S. The first-order chi connectivity index (χ1) is 8.15. The SMILES string of the molecule is Cc1csc(CNCc2ccn(C(C)C)n2)n1. The number of aromatic nitrogens is 3. The van der Waals surface area contributed by atoms with E-state index in [1.54, 1.807) is 11.3 Å². The second kappa shape index (κ2) is 5.42. The van der Waals surface area contributed by atoms with Gasteiger partial charge in [0.2, 0.25) is 0 Å². The number of hydrogen-bond donors (Lipinski definition) is 1. The van der Waals surface area contributed by atoms with E-state index in [0.717, 1.165) is 29.5 Å². The van der Waals surface area contributed by atoms with Crippen molar-refractivity contribution in [3.8, 4) is 0 Å². The van der Waals surface area contributed by atoms with Gasteiger partial charge in [-0.25, -0.2) is 4.98 Å². The van der Waals surface area contributed by atoms with Gasteiger partial charge in [-0.3, -0.25) is 4.68 Å². The van der Waals surface area contributed by atoms with Gasteiger partial charge >= 0.3 is 0 Å². The standard InChI is InChI=1S/C12H18N4S/c1-9(2)16-5-4-11(15-16)6-13-7-12-14-10(3)8-17-12/h4-5,8-9,13H,6-7H2,1-3H3. The molecular weight excluding hydrogens is 232 g/mol. The van der Waals surface area contributed by atoms with Gasteiger partial charge in [0.05, 0.1) is 5.69 Å². The Morgan fingerprint density at radius 3 is 2.82 bits per heavy atom. The third kappa shape index (κ3) is 3.38. The summed E-state index contributed by atoms with van der Waals surface area (Å²) in [7, 11) is 0. The molecule has 0 saturated carbocycles. The fourth-order valence-corrected chi connectivity index (χ4v) is 2.28. The van der Waals surface area contributed by atoms with E-state index in [9.17, 15) is 0 Å². The van der Waals surface area contributed by atoms with Crippen molar-refractivity contribution in [2.45, 2.75) is 39.9 Å². The van der Waals surface area contributed by atoms with Crippen LogP contribution in [0.2, 0.25) is 0 Å². The van der Waals surface area contributed by atoms with Crippen LogP contribution < -0.4 is 5.32 Å². The Morgan fingerprint density at radius 2 is 2.24 bits per heavy atom. The highest BCUT2D eigenvalue weighted by atomic mass is 32.1. The molecule has 0 fully saturated rings. The summed E-state index contributed by atoms with van der Waals surface area (Å²) in [5.41, 5.74) is 2.17. The second-order valence-electron chi connectivity index (χ2n) is 4.37. The minimum Gasteiger partial charge on any atom is -0.305 e. The van der Waals surface area contributed by atoms with Gasteiger partial charge in [0.1, 0.15) is 5.01 Å². The van der Waals surface area contributed by atoms with Crippen LogP contribution in [-0.2, 0) is 13.1 Å². The maximum Gasteiger partial charge on any atom is 0.107 e. The molecule has 0 aromatic carbocycles. The molecule has 0 aliphatic carbocycles. The van der Waals surface area contributed by atoms with Crippen molar-refractivity contribution >= 4 is 11.3 Å². The molecule has 2 aromatic heterocycles. The lowest BCUT2D eigenvalue weighted by atomic mass is 10.4. The highest BCUT2D eigenvalue weighted by molar-refractivity contribution is 7.09. The largest absolute Gasteiger partial charge is 0.305 e. The molecule has 0 saturated heterocycles. The Morgan fingerprint density at radius 1 is 1.41 bits per heavy atom. The molecule has 0 unspecified atom stereocenters. The topological polar surface area (TPSA) is 42.7 Å². The molecule has 92 valence electrons. The summed E-state index contributed by atoms with van der Waals surface area (Å²) in [6.07, 6.45) is 2.02. The van der Waals surface area contributed by atoms with E-state index in [4.69, 9.17) is 0 Å². The third-order valence-electron chi connectivity index (χ3n) is 2.44. The van der Waals surface area contributed by atoms with Gasteiger partial charge < -0.3 is 5.32 Å². The van der Waals surface area contributed by atoms with Crippen LogP contribution in [0.4, 0.5) is 0 Å². The normalized spacial score (nSPS) is 11.3. The molecule has 0 aliphatic rings. The van der Waals surface area contributed by atoms with Gasteiger partial charge in [-0.05, 0) is 26.8 Å². The zero-order valence-electron chi connectivity index (χ0n) is 10.5. The molecule has 0 aliphatic heterocycles. The minimum absolute atomic E-state index is 0.422. The van der Waals surface area contributed by atoms with E-state index < -0.39 is 0 Å². The van der Waals surface area contributed by atoms with Gasteiger partial charge in [0.15, 0.2) is 0 Å². The van der Waals surface area contributed by atoms with Crippen molar-refractivity contribution in [1.29, 1.82) is 0 Å². The first-order valence-electron chi connectivity index (χ1n) is 5.81. The zero-order valence-corrected chi connectivity index (χ0v) is 11.3. The van der Waals surface area contributed by atoms with Gasteiger partial charge in [-0.2, -0.15) is 5.10 Å². The van der Waals surface area contributed by atoms with Crippen molar-refractivity contribution in [3.63, 3.8) is 0 Å². The van der Waals surface area contributed by atoms with Gasteiger partial charge in [0.25, 0.3) is 0 Å². The molecule has 2 aromatic rings. The lowest BCUT2D eigenvalue weighted by molar-refractivity contribution is 0.521. The second-order valence-corrected chi connectivity index (χ2v) is 5.31. The Kier molecular flexibility index (Phi) is 3.91. The molecule has 2 heterocycles. The monoisotopic (exact) mass is 250 g/mol. The van der Waals surface area contributed by atoms with Gasteiger partial charge in [-0.15, -0.1) is 11.3 Å². The van der Waals surface area contributed by atoms with E-state index in [2.05, 4.69) is 40.7 Å². The molecule has 17 heavy (non-hydrogen) atoms. The zero-order chi connectivity index (χ0) is 12.3. The van der Waals surface area contributed by atoms with Gasteiger partial charge in [-0.1, -0.05) is 0 Å². The summed E-state index contributed by atoms with van der Waals surface area (Å²) >= 11 is 1.70. The van der Waals surface area contributed by atoms with Gasteiger partial charge in [0, 0.05) is 36.4 Å². The molecule has 0 bridgehead atoms. The Hall–Kier alpha value is -1.20. The number of rotatable bonds is 5. The number of thiazole rings is 1. The maximum atomic E-state index is 4.48. The van der Waals surface area contributed by atoms with Crippen LogP contribution in [0.5, 0.6) is 0 Å². The summed E-state index contributed by atoms with van der Waals surface area (Å²) in [6, 6.07) is 2.48. The van der Waals surface area contributed by atoms with Crippen molar-refractivity contribution in [1.82, 2.24) is 20.1 Å². The fourth-order valence-electron chi connectivity index (χ4n) is 1.54. The average molecular weight is 250 g/mol. The van der Waals surface area contributed by atoms with Crippen molar-refractivity contribution < 1.29 is 0 Å². The number of nitrogens with one attached hydrogen (secondary N) is 1. The Balaban J connectivity index is 1.81. The van der Waals surface area contributed by atoms with E-state index in [1.807, 2.05) is 17.8 Å². The summed E-state index contributed by atoms with van der Waals surface area (Å²) < 4.78 is 1.98. The molecule has 5 heteroatoms. The highest BCUT2D eigenvalue weighted by Gasteiger charge is 2.02. The highest BCUT2D eigenvalue weighted by Crippen LogP contribution is 2.08. The molecule has 0 spiro atoms. The van der Waals surface area contributed by atoms with Crippen LogP contribution in [0, 0.1) is 6.92 Å². The van der Waals surface area contributed by atoms with Crippen molar-refractivity contribution in [2.75, 3.05) is 0 Å². The first-order valence-corrected chi connectivity index (χ1v) is 6.69. The first kappa shape index (κ1) is 12.3. The van der Waals surface area contributed by atoms with Crippen LogP contribution in [0.25, 0.3) is 0 Å². The van der Waals surface area contributed by atoms with Crippen LogP contribution in [0.15, 0.2) is 17.6 Å². The summed E-state index contributed by atoms with van der Waals surface area (Å²) in [6.45, 7) is 7.88. The summed E-state index contributed by atoms with van der Waals surface area (Å²) in [5.74, 6) is 0. The molecule has 2 rings (SSSR count). The lowest BCUT2D eigenvalue weighted by Gasteiger charge is -2.04. The van der Waals surface area contributed by atoms with E-state index in [1.165, 1.54) is 0 Å². The Labute approximate surface area is 106 Å². The maximum absolute atomic E-state index is 4.48. The fraction of sp³-hybridized carbons (Fsp3) is 0.500. The summed E-state index contributed by atoms with van der Waals surface area (Å²) in [4.78, 5) is 4.41. The number of aryl methyl sites for hydroxylation is 1. The quantitative estimate of drug-likeness (QED) is 0.886. The Bertz CT molecular complexity index is 472. The molecule has 1 N–H and O–H groups in total. The predicted octanol–water partition coefficient (Wildman–Crippen LogP) is 2.52. The van der Waals surface area contributed by atoms with E-state index >= 15 is 0 Å². The minimum atomic E-state index is 0.422. The molecule has 0 atom stereocenters. The van der Waals surface area contributed by atoms with Crippen molar-refractivity contribution in [3.05, 3.63) is 34.0 Å². The van der Waals surface area contributed by atoms with Crippen LogP contribution in [-0.4, -0.2) is 14.8 Å². The van der Waals surface area contributed by atoms with Crippen molar-refractivity contribution in [2.24, 2.45) is 0 Å².